The van der Waals surface area contributed by atoms with Crippen LogP contribution in [0.4, 0.5) is 5.69 Å². The smallest absolute Gasteiger partial charge is 0.354 e. The summed E-state index contributed by atoms with van der Waals surface area (Å²) >= 11 is 0. The molecule has 0 saturated heterocycles. The molecule has 0 aliphatic heterocycles. The van der Waals surface area contributed by atoms with Gasteiger partial charge in [-0.2, -0.15) is 8.42 Å². The first-order valence-corrected chi connectivity index (χ1v) is 8.49. The first kappa shape index (κ1) is 19.2. The molecule has 0 aliphatic carbocycles. The molecule has 10 heteroatoms. The molecule has 2 aromatic rings. The van der Waals surface area contributed by atoms with Crippen molar-refractivity contribution in [3.8, 4) is 5.75 Å². The van der Waals surface area contributed by atoms with Crippen LogP contribution in [0.25, 0.3) is 10.8 Å². The Hall–Kier alpha value is -3.11. The lowest BCUT2D eigenvalue weighted by molar-refractivity contribution is -0.138. The molecule has 26 heavy (non-hydrogen) atoms. The van der Waals surface area contributed by atoms with Crippen LogP contribution in [0.15, 0.2) is 47.0 Å². The van der Waals surface area contributed by atoms with Gasteiger partial charge in [0.25, 0.3) is 10.1 Å². The largest absolute Gasteiger partial charge is 0.507 e. The highest BCUT2D eigenvalue weighted by atomic mass is 32.2. The molecular weight excluding hydrogens is 366 g/mol. The van der Waals surface area contributed by atoms with Crippen molar-refractivity contribution in [2.45, 2.75) is 4.90 Å². The van der Waals surface area contributed by atoms with Gasteiger partial charge in [0, 0.05) is 17.1 Å². The number of carbonyl (C=O) groups is 2. The van der Waals surface area contributed by atoms with Crippen molar-refractivity contribution in [2.24, 2.45) is 0 Å². The topological polar surface area (TPSA) is 139 Å². The number of hydrogen-bond donors (Lipinski definition) is 3. The maximum Gasteiger partial charge on any atom is 0.354 e. The molecule has 0 aromatic heterocycles. The van der Waals surface area contributed by atoms with Gasteiger partial charge in [-0.25, -0.2) is 9.59 Å². The highest BCUT2D eigenvalue weighted by Crippen LogP contribution is 2.31. The maximum absolute atomic E-state index is 11.8. The molecule has 9 nitrogen and oxygen atoms in total. The molecular formula is C16H15NO8S. The highest BCUT2D eigenvalue weighted by molar-refractivity contribution is 7.85. The Labute approximate surface area is 148 Å². The molecule has 0 spiro atoms. The minimum Gasteiger partial charge on any atom is -0.507 e. The summed E-state index contributed by atoms with van der Waals surface area (Å²) in [6.45, 7) is 0. The monoisotopic (exact) mass is 381 g/mol. The quantitative estimate of drug-likeness (QED) is 0.399. The average molecular weight is 381 g/mol. The van der Waals surface area contributed by atoms with Crippen LogP contribution >= 0.6 is 0 Å². The molecule has 0 aliphatic rings. The lowest BCUT2D eigenvalue weighted by Gasteiger charge is -2.11. The molecule has 2 rings (SSSR count). The van der Waals surface area contributed by atoms with E-state index in [1.807, 2.05) is 0 Å². The Morgan fingerprint density at radius 3 is 2.38 bits per heavy atom. The van der Waals surface area contributed by atoms with Crippen molar-refractivity contribution in [1.29, 1.82) is 0 Å². The standard InChI is InChI=1S/C16H15NO8S/c1-24-15(19)8-13(16(20)25-2)17-10-3-4-12-9(5-10)6-11(7-14(12)18)26(21,22)23/h3-8,17-18H,1-2H3,(H,21,22,23)/b13-8+. The van der Waals surface area contributed by atoms with E-state index in [-0.39, 0.29) is 16.8 Å². The third-order valence-corrected chi connectivity index (χ3v) is 4.18. The van der Waals surface area contributed by atoms with E-state index in [2.05, 4.69) is 14.8 Å². The number of carbonyl (C=O) groups excluding carboxylic acids is 2. The summed E-state index contributed by atoms with van der Waals surface area (Å²) in [4.78, 5) is 22.6. The predicted octanol–water partition coefficient (Wildman–Crippen LogP) is 1.43. The zero-order chi connectivity index (χ0) is 19.5. The van der Waals surface area contributed by atoms with Gasteiger partial charge >= 0.3 is 11.9 Å². The van der Waals surface area contributed by atoms with Crippen LogP contribution in [0.1, 0.15) is 0 Å². The third kappa shape index (κ3) is 4.29. The Kier molecular flexibility index (Phi) is 5.48. The summed E-state index contributed by atoms with van der Waals surface area (Å²) in [5.74, 6) is -1.96. The zero-order valence-corrected chi connectivity index (χ0v) is 14.5. The molecule has 0 heterocycles. The molecule has 0 amide bonds. The fourth-order valence-corrected chi connectivity index (χ4v) is 2.67. The summed E-state index contributed by atoms with van der Waals surface area (Å²) in [5, 5.41) is 13.2. The van der Waals surface area contributed by atoms with Gasteiger partial charge < -0.3 is 19.9 Å². The molecule has 3 N–H and O–H groups in total. The van der Waals surface area contributed by atoms with E-state index in [4.69, 9.17) is 4.55 Å². The van der Waals surface area contributed by atoms with Gasteiger partial charge in [-0.15, -0.1) is 0 Å². The van der Waals surface area contributed by atoms with Crippen LogP contribution in [0.3, 0.4) is 0 Å². The van der Waals surface area contributed by atoms with Crippen molar-refractivity contribution in [1.82, 2.24) is 0 Å². The van der Waals surface area contributed by atoms with Crippen molar-refractivity contribution in [3.05, 3.63) is 42.1 Å². The van der Waals surface area contributed by atoms with Crippen molar-refractivity contribution >= 4 is 38.5 Å². The Bertz CT molecular complexity index is 1010. The number of rotatable bonds is 5. The van der Waals surface area contributed by atoms with Crippen LogP contribution in [-0.4, -0.2) is 44.2 Å². The SMILES string of the molecule is COC(=O)/C=C(/Nc1ccc2c(O)cc(S(=O)(=O)O)cc2c1)C(=O)OC. The third-order valence-electron chi connectivity index (χ3n) is 3.35. The molecule has 0 radical (unpaired) electrons. The second-order valence-electron chi connectivity index (χ2n) is 5.05. The fourth-order valence-electron chi connectivity index (χ4n) is 2.14. The fraction of sp³-hybridized carbons (Fsp3) is 0.125. The van der Waals surface area contributed by atoms with Gasteiger partial charge in [0.15, 0.2) is 0 Å². The van der Waals surface area contributed by atoms with Crippen LogP contribution in [-0.2, 0) is 29.2 Å². The zero-order valence-electron chi connectivity index (χ0n) is 13.7. The Morgan fingerprint density at radius 2 is 1.81 bits per heavy atom. The van der Waals surface area contributed by atoms with Crippen molar-refractivity contribution in [3.63, 3.8) is 0 Å². The van der Waals surface area contributed by atoms with Crippen LogP contribution in [0, 0.1) is 0 Å². The molecule has 0 fully saturated rings. The lowest BCUT2D eigenvalue weighted by Crippen LogP contribution is -2.15. The number of phenols is 1. The van der Waals surface area contributed by atoms with E-state index in [0.717, 1.165) is 32.4 Å². The van der Waals surface area contributed by atoms with Crippen molar-refractivity contribution < 1.29 is 37.1 Å². The van der Waals surface area contributed by atoms with Crippen LogP contribution in [0.5, 0.6) is 5.75 Å². The maximum atomic E-state index is 11.8. The first-order valence-electron chi connectivity index (χ1n) is 7.05. The Morgan fingerprint density at radius 1 is 1.12 bits per heavy atom. The molecule has 0 bridgehead atoms. The summed E-state index contributed by atoms with van der Waals surface area (Å²) in [6.07, 6.45) is 0.891. The molecule has 138 valence electrons. The number of phenolic OH excluding ortho intramolecular Hbond substituents is 1. The second kappa shape index (κ2) is 7.42. The van der Waals surface area contributed by atoms with Gasteiger partial charge in [-0.05, 0) is 29.7 Å². The van der Waals surface area contributed by atoms with Gasteiger partial charge in [0.2, 0.25) is 0 Å². The number of ether oxygens (including phenoxy) is 2. The van der Waals surface area contributed by atoms with E-state index < -0.39 is 27.0 Å². The van der Waals surface area contributed by atoms with E-state index >= 15 is 0 Å². The number of anilines is 1. The van der Waals surface area contributed by atoms with Gasteiger partial charge in [-0.3, -0.25) is 4.55 Å². The minimum atomic E-state index is -4.52. The molecule has 0 atom stereocenters. The van der Waals surface area contributed by atoms with Gasteiger partial charge in [0.1, 0.15) is 11.4 Å². The molecule has 0 saturated carbocycles. The summed E-state index contributed by atoms with van der Waals surface area (Å²) in [6, 6.07) is 6.44. The summed E-state index contributed by atoms with van der Waals surface area (Å²) in [7, 11) is -2.24. The number of aromatic hydroxyl groups is 1. The number of benzene rings is 2. The predicted molar refractivity (Wildman–Crippen MR) is 91.2 cm³/mol. The van der Waals surface area contributed by atoms with Crippen molar-refractivity contribution in [2.75, 3.05) is 19.5 Å². The van der Waals surface area contributed by atoms with E-state index in [1.54, 1.807) is 0 Å². The second-order valence-corrected chi connectivity index (χ2v) is 6.47. The number of methoxy groups -OCH3 is 2. The van der Waals surface area contributed by atoms with Crippen LogP contribution < -0.4 is 5.32 Å². The van der Waals surface area contributed by atoms with E-state index in [9.17, 15) is 23.1 Å². The summed E-state index contributed by atoms with van der Waals surface area (Å²) in [5.41, 5.74) is 0.0822. The van der Waals surface area contributed by atoms with E-state index in [0.29, 0.717) is 11.1 Å². The lowest BCUT2D eigenvalue weighted by atomic mass is 10.1. The molecule has 2 aromatic carbocycles. The van der Waals surface area contributed by atoms with Gasteiger partial charge in [0.05, 0.1) is 25.2 Å². The highest BCUT2D eigenvalue weighted by Gasteiger charge is 2.16. The number of nitrogens with one attached hydrogen (secondary N) is 1. The van der Waals surface area contributed by atoms with Crippen LogP contribution in [0.2, 0.25) is 0 Å². The first-order chi connectivity index (χ1) is 12.2. The number of fused-ring (bicyclic) bond motifs is 1. The Balaban J connectivity index is 2.51. The van der Waals surface area contributed by atoms with Gasteiger partial charge in [-0.1, -0.05) is 0 Å². The average Bonchev–Trinajstić information content (AvgIpc) is 2.59. The minimum absolute atomic E-state index is 0.214. The normalized spacial score (nSPS) is 11.9. The summed E-state index contributed by atoms with van der Waals surface area (Å²) < 4.78 is 40.7. The number of esters is 2. The number of hydrogen-bond acceptors (Lipinski definition) is 8. The van der Waals surface area contributed by atoms with E-state index in [1.165, 1.54) is 18.2 Å². The molecule has 0 unspecified atom stereocenters.